The quantitative estimate of drug-likeness (QED) is 0.693. The largest absolute Gasteiger partial charge is 0.491 e. The van der Waals surface area contributed by atoms with Crippen LogP contribution in [0, 0.1) is 5.82 Å². The van der Waals surface area contributed by atoms with Crippen molar-refractivity contribution in [2.45, 2.75) is 0 Å². The molecular weight excluding hydrogens is 299 g/mol. The lowest BCUT2D eigenvalue weighted by Gasteiger charge is -2.12. The molecule has 0 unspecified atom stereocenters. The summed E-state index contributed by atoms with van der Waals surface area (Å²) in [7, 11) is 0. The number of anilines is 1. The maximum Gasteiger partial charge on any atom is 0.257 e. The minimum absolute atomic E-state index is 0.118. The number of aromatic amines is 1. The molecule has 116 valence electrons. The van der Waals surface area contributed by atoms with E-state index in [1.54, 1.807) is 12.1 Å². The fourth-order valence-electron chi connectivity index (χ4n) is 3.00. The Balaban J connectivity index is 2.06. The van der Waals surface area contributed by atoms with Crippen LogP contribution in [0.25, 0.3) is 22.0 Å². The van der Waals surface area contributed by atoms with Gasteiger partial charge in [-0.1, -0.05) is 12.1 Å². The van der Waals surface area contributed by atoms with Crippen LogP contribution in [0.2, 0.25) is 0 Å². The number of ether oxygens (including phenoxy) is 1. The van der Waals surface area contributed by atoms with Crippen LogP contribution in [0.1, 0.15) is 10.4 Å². The zero-order valence-corrected chi connectivity index (χ0v) is 12.0. The molecule has 0 fully saturated rings. The van der Waals surface area contributed by atoms with Crippen molar-refractivity contribution >= 4 is 22.4 Å². The Hall–Kier alpha value is -2.86. The Morgan fingerprint density at radius 3 is 2.87 bits per heavy atom. The lowest BCUT2D eigenvalue weighted by Crippen LogP contribution is -2.07. The van der Waals surface area contributed by atoms with Crippen molar-refractivity contribution in [1.82, 2.24) is 4.98 Å². The Morgan fingerprint density at radius 1 is 1.26 bits per heavy atom. The van der Waals surface area contributed by atoms with E-state index in [0.29, 0.717) is 28.0 Å². The highest BCUT2D eigenvalue weighted by Crippen LogP contribution is 2.43. The third-order valence-corrected chi connectivity index (χ3v) is 3.91. The van der Waals surface area contributed by atoms with E-state index in [1.165, 1.54) is 12.3 Å². The molecule has 1 aliphatic rings. The standard InChI is InChI=1S/C17H13FN2O3/c18-11-4-5-19-16(11)10-8-13(23-7-6-21)9-2-1-3-12-14(9)15(10)17(22)20-12/h1-5,8,19,21H,6-7H2,(H,20,22). The van der Waals surface area contributed by atoms with Gasteiger partial charge >= 0.3 is 0 Å². The van der Waals surface area contributed by atoms with Crippen molar-refractivity contribution in [3.05, 3.63) is 47.9 Å². The van der Waals surface area contributed by atoms with E-state index in [0.717, 1.165) is 5.39 Å². The van der Waals surface area contributed by atoms with Crippen LogP contribution in [-0.4, -0.2) is 29.2 Å². The molecule has 0 saturated heterocycles. The number of hydrogen-bond acceptors (Lipinski definition) is 3. The van der Waals surface area contributed by atoms with Gasteiger partial charge in [0.1, 0.15) is 18.2 Å². The highest BCUT2D eigenvalue weighted by atomic mass is 19.1. The zero-order valence-electron chi connectivity index (χ0n) is 12.0. The molecule has 0 bridgehead atoms. The predicted molar refractivity (Wildman–Crippen MR) is 84.2 cm³/mol. The van der Waals surface area contributed by atoms with E-state index < -0.39 is 5.82 Å². The molecule has 0 atom stereocenters. The van der Waals surface area contributed by atoms with E-state index in [9.17, 15) is 9.18 Å². The third-order valence-electron chi connectivity index (χ3n) is 3.91. The normalized spacial score (nSPS) is 12.7. The van der Waals surface area contributed by atoms with Crippen molar-refractivity contribution in [3.8, 4) is 17.0 Å². The molecular formula is C17H13FN2O3. The maximum atomic E-state index is 14.0. The number of nitrogens with one attached hydrogen (secondary N) is 2. The first-order valence-corrected chi connectivity index (χ1v) is 7.18. The number of H-pyrrole nitrogens is 1. The van der Waals surface area contributed by atoms with Crippen LogP contribution in [0.3, 0.4) is 0 Å². The van der Waals surface area contributed by atoms with Gasteiger partial charge in [-0.3, -0.25) is 4.79 Å². The Labute approximate surface area is 130 Å². The number of amides is 1. The average Bonchev–Trinajstić information content (AvgIpc) is 3.12. The Kier molecular flexibility index (Phi) is 3.06. The summed E-state index contributed by atoms with van der Waals surface area (Å²) < 4.78 is 19.6. The van der Waals surface area contributed by atoms with Crippen LogP contribution in [0.5, 0.6) is 5.75 Å². The predicted octanol–water partition coefficient (Wildman–Crippen LogP) is 2.91. The fourth-order valence-corrected chi connectivity index (χ4v) is 3.00. The van der Waals surface area contributed by atoms with Gasteiger partial charge in [-0.2, -0.15) is 0 Å². The molecule has 0 spiro atoms. The van der Waals surface area contributed by atoms with Crippen molar-refractivity contribution in [3.63, 3.8) is 0 Å². The van der Waals surface area contributed by atoms with Crippen LogP contribution < -0.4 is 10.1 Å². The SMILES string of the molecule is O=C1Nc2cccc3c(OCCO)cc(-c4[nH]ccc4F)c1c23. The van der Waals surface area contributed by atoms with Gasteiger partial charge in [-0.25, -0.2) is 4.39 Å². The number of benzene rings is 2. The summed E-state index contributed by atoms with van der Waals surface area (Å²) in [5.41, 5.74) is 1.77. The average molecular weight is 312 g/mol. The topological polar surface area (TPSA) is 74.3 Å². The molecule has 0 radical (unpaired) electrons. The van der Waals surface area contributed by atoms with E-state index in [4.69, 9.17) is 9.84 Å². The minimum atomic E-state index is -0.439. The third kappa shape index (κ3) is 1.99. The number of halogens is 1. The Bertz CT molecular complexity index is 933. The van der Waals surface area contributed by atoms with Crippen LogP contribution >= 0.6 is 0 Å². The summed E-state index contributed by atoms with van der Waals surface area (Å²) in [6, 6.07) is 8.38. The van der Waals surface area contributed by atoms with Gasteiger partial charge < -0.3 is 20.1 Å². The highest BCUT2D eigenvalue weighted by molar-refractivity contribution is 6.27. The van der Waals surface area contributed by atoms with Gasteiger partial charge in [0.05, 0.1) is 17.9 Å². The number of aromatic nitrogens is 1. The van der Waals surface area contributed by atoms with Crippen molar-refractivity contribution in [2.24, 2.45) is 0 Å². The number of rotatable bonds is 4. The summed E-state index contributed by atoms with van der Waals surface area (Å²) in [5, 5.41) is 13.3. The molecule has 2 heterocycles. The second-order valence-corrected chi connectivity index (χ2v) is 5.25. The number of hydrogen-bond donors (Lipinski definition) is 3. The summed E-state index contributed by atoms with van der Waals surface area (Å²) in [6.45, 7) is -0.0149. The van der Waals surface area contributed by atoms with E-state index >= 15 is 0 Å². The van der Waals surface area contributed by atoms with Crippen LogP contribution in [0.15, 0.2) is 36.5 Å². The summed E-state index contributed by atoms with van der Waals surface area (Å²) >= 11 is 0. The van der Waals surface area contributed by atoms with Crippen LogP contribution in [0.4, 0.5) is 10.1 Å². The molecule has 3 aromatic rings. The number of carbonyl (C=O) groups excluding carboxylic acids is 1. The summed E-state index contributed by atoms with van der Waals surface area (Å²) in [6.07, 6.45) is 1.48. The fraction of sp³-hybridized carbons (Fsp3) is 0.118. The molecule has 4 rings (SSSR count). The first-order valence-electron chi connectivity index (χ1n) is 7.18. The molecule has 5 nitrogen and oxygen atoms in total. The molecule has 0 saturated carbocycles. The summed E-state index contributed by atoms with van der Waals surface area (Å²) in [5.74, 6) is -0.208. The van der Waals surface area contributed by atoms with E-state index in [2.05, 4.69) is 10.3 Å². The second-order valence-electron chi connectivity index (χ2n) is 5.25. The first kappa shape index (κ1) is 13.8. The van der Waals surface area contributed by atoms with Gasteiger partial charge in [-0.05, 0) is 18.2 Å². The number of aliphatic hydroxyl groups excluding tert-OH is 1. The molecule has 2 aromatic carbocycles. The van der Waals surface area contributed by atoms with E-state index in [-0.39, 0.29) is 24.8 Å². The van der Waals surface area contributed by atoms with Gasteiger partial charge in [0.25, 0.3) is 5.91 Å². The van der Waals surface area contributed by atoms with Crippen molar-refractivity contribution < 1.29 is 19.0 Å². The molecule has 0 aliphatic carbocycles. The molecule has 3 N–H and O–H groups in total. The van der Waals surface area contributed by atoms with Gasteiger partial charge in [0.2, 0.25) is 0 Å². The molecule has 1 aromatic heterocycles. The minimum Gasteiger partial charge on any atom is -0.491 e. The molecule has 6 heteroatoms. The summed E-state index contributed by atoms with van der Waals surface area (Å²) in [4.78, 5) is 15.2. The first-order chi connectivity index (χ1) is 11.2. The van der Waals surface area contributed by atoms with Crippen molar-refractivity contribution in [1.29, 1.82) is 0 Å². The van der Waals surface area contributed by atoms with Crippen molar-refractivity contribution in [2.75, 3.05) is 18.5 Å². The van der Waals surface area contributed by atoms with E-state index in [1.807, 2.05) is 12.1 Å². The molecule has 1 amide bonds. The molecule has 23 heavy (non-hydrogen) atoms. The Morgan fingerprint density at radius 2 is 2.13 bits per heavy atom. The zero-order chi connectivity index (χ0) is 16.0. The van der Waals surface area contributed by atoms with Gasteiger partial charge in [0, 0.05) is 28.2 Å². The molecule has 1 aliphatic heterocycles. The lowest BCUT2D eigenvalue weighted by atomic mass is 9.97. The van der Waals surface area contributed by atoms with Crippen LogP contribution in [-0.2, 0) is 0 Å². The smallest absolute Gasteiger partial charge is 0.257 e. The van der Waals surface area contributed by atoms with Gasteiger partial charge in [-0.15, -0.1) is 0 Å². The number of aliphatic hydroxyl groups is 1. The highest BCUT2D eigenvalue weighted by Gasteiger charge is 2.28. The monoisotopic (exact) mass is 312 g/mol. The second kappa shape index (κ2) is 5.10. The number of carbonyl (C=O) groups is 1. The van der Waals surface area contributed by atoms with Gasteiger partial charge in [0.15, 0.2) is 0 Å². The lowest BCUT2D eigenvalue weighted by molar-refractivity contribution is 0.103. The maximum absolute atomic E-state index is 14.0.